The van der Waals surface area contributed by atoms with Crippen LogP contribution in [-0.4, -0.2) is 44.5 Å². The maximum atomic E-state index is 11.9. The number of amides is 1. The molecule has 0 aliphatic rings. The second-order valence-electron chi connectivity index (χ2n) is 5.45. The highest BCUT2D eigenvalue weighted by Crippen LogP contribution is 2.17. The molecule has 1 aromatic rings. The molecule has 1 rings (SSSR count). The maximum absolute atomic E-state index is 11.9. The van der Waals surface area contributed by atoms with Gasteiger partial charge in [-0.25, -0.2) is 0 Å². The monoisotopic (exact) mass is 277 g/mol. The lowest BCUT2D eigenvalue weighted by Crippen LogP contribution is -2.25. The van der Waals surface area contributed by atoms with Gasteiger partial charge >= 0.3 is 0 Å². The summed E-state index contributed by atoms with van der Waals surface area (Å²) in [6.07, 6.45) is 1.61. The van der Waals surface area contributed by atoms with E-state index in [4.69, 9.17) is 0 Å². The fourth-order valence-electron chi connectivity index (χ4n) is 1.95. The van der Waals surface area contributed by atoms with E-state index in [0.717, 1.165) is 37.3 Å². The van der Waals surface area contributed by atoms with Crippen molar-refractivity contribution < 1.29 is 4.79 Å². The molecule has 0 aliphatic heterocycles. The number of nitrogens with one attached hydrogen (secondary N) is 2. The number of carbonyl (C=O) groups is 1. The third-order valence-corrected chi connectivity index (χ3v) is 3.37. The van der Waals surface area contributed by atoms with Crippen LogP contribution < -0.4 is 10.6 Å². The van der Waals surface area contributed by atoms with Crippen LogP contribution in [0.15, 0.2) is 18.2 Å². The number of anilines is 1. The Morgan fingerprint density at radius 3 is 2.65 bits per heavy atom. The molecule has 0 bridgehead atoms. The number of hydrogen-bond acceptors (Lipinski definition) is 3. The van der Waals surface area contributed by atoms with Crippen LogP contribution in [-0.2, 0) is 4.79 Å². The summed E-state index contributed by atoms with van der Waals surface area (Å²) in [7, 11) is 4.13. The van der Waals surface area contributed by atoms with Crippen molar-refractivity contribution >= 4 is 11.6 Å². The predicted octanol–water partition coefficient (Wildman–Crippen LogP) is 2.17. The molecule has 1 amide bonds. The second-order valence-corrected chi connectivity index (χ2v) is 5.45. The summed E-state index contributed by atoms with van der Waals surface area (Å²) in [4.78, 5) is 14.0. The largest absolute Gasteiger partial charge is 0.326 e. The van der Waals surface area contributed by atoms with Gasteiger partial charge in [0.15, 0.2) is 0 Å². The first kappa shape index (κ1) is 16.7. The molecule has 0 unspecified atom stereocenters. The number of benzene rings is 1. The van der Waals surface area contributed by atoms with E-state index in [1.165, 1.54) is 5.56 Å². The topological polar surface area (TPSA) is 44.4 Å². The second kappa shape index (κ2) is 8.72. The van der Waals surface area contributed by atoms with Crippen molar-refractivity contribution in [2.24, 2.45) is 0 Å². The molecule has 112 valence electrons. The van der Waals surface area contributed by atoms with Crippen molar-refractivity contribution in [2.75, 3.05) is 39.0 Å². The minimum atomic E-state index is 0.0683. The van der Waals surface area contributed by atoms with E-state index in [9.17, 15) is 4.79 Å². The first-order chi connectivity index (χ1) is 9.50. The minimum Gasteiger partial charge on any atom is -0.326 e. The Morgan fingerprint density at radius 2 is 1.95 bits per heavy atom. The zero-order valence-electron chi connectivity index (χ0n) is 13.1. The Morgan fingerprint density at radius 1 is 1.20 bits per heavy atom. The van der Waals surface area contributed by atoms with E-state index in [0.29, 0.717) is 6.42 Å². The molecular formula is C16H27N3O. The summed E-state index contributed by atoms with van der Waals surface area (Å²) in [5, 5.41) is 6.27. The van der Waals surface area contributed by atoms with E-state index in [-0.39, 0.29) is 5.91 Å². The fraction of sp³-hybridized carbons (Fsp3) is 0.562. The lowest BCUT2D eigenvalue weighted by molar-refractivity contribution is -0.116. The van der Waals surface area contributed by atoms with Crippen LogP contribution in [0.1, 0.15) is 24.0 Å². The number of aryl methyl sites for hydroxylation is 1. The van der Waals surface area contributed by atoms with Gasteiger partial charge in [-0.15, -0.1) is 0 Å². The van der Waals surface area contributed by atoms with Gasteiger partial charge in [0, 0.05) is 18.7 Å². The summed E-state index contributed by atoms with van der Waals surface area (Å²) in [5.41, 5.74) is 3.26. The Hall–Kier alpha value is -1.39. The Balaban J connectivity index is 2.22. The van der Waals surface area contributed by atoms with Gasteiger partial charge < -0.3 is 15.5 Å². The molecule has 0 fully saturated rings. The lowest BCUT2D eigenvalue weighted by atomic mass is 10.1. The molecule has 0 heterocycles. The average molecular weight is 277 g/mol. The van der Waals surface area contributed by atoms with Crippen molar-refractivity contribution in [3.8, 4) is 0 Å². The molecular weight excluding hydrogens is 250 g/mol. The molecule has 4 heteroatoms. The first-order valence-corrected chi connectivity index (χ1v) is 7.22. The van der Waals surface area contributed by atoms with E-state index >= 15 is 0 Å². The Bertz CT molecular complexity index is 430. The zero-order chi connectivity index (χ0) is 15.0. The first-order valence-electron chi connectivity index (χ1n) is 7.22. The quantitative estimate of drug-likeness (QED) is 0.716. The summed E-state index contributed by atoms with van der Waals surface area (Å²) >= 11 is 0. The average Bonchev–Trinajstić information content (AvgIpc) is 2.39. The van der Waals surface area contributed by atoms with E-state index in [2.05, 4.69) is 42.6 Å². The van der Waals surface area contributed by atoms with Gasteiger partial charge in [0.25, 0.3) is 0 Å². The number of rotatable bonds is 8. The minimum absolute atomic E-state index is 0.0683. The summed E-state index contributed by atoms with van der Waals surface area (Å²) < 4.78 is 0. The molecule has 0 aromatic heterocycles. The van der Waals surface area contributed by atoms with Crippen LogP contribution in [0.3, 0.4) is 0 Å². The van der Waals surface area contributed by atoms with Crippen molar-refractivity contribution in [1.29, 1.82) is 0 Å². The molecule has 2 N–H and O–H groups in total. The maximum Gasteiger partial charge on any atom is 0.225 e. The van der Waals surface area contributed by atoms with Gasteiger partial charge in [-0.3, -0.25) is 4.79 Å². The highest BCUT2D eigenvalue weighted by molar-refractivity contribution is 5.91. The molecule has 4 nitrogen and oxygen atoms in total. The highest BCUT2D eigenvalue weighted by Gasteiger charge is 2.05. The molecule has 0 saturated heterocycles. The van der Waals surface area contributed by atoms with Crippen LogP contribution >= 0.6 is 0 Å². The third-order valence-electron chi connectivity index (χ3n) is 3.37. The standard InChI is InChI=1S/C16H27N3O/c1-13-7-5-8-15(14(13)2)18-16(20)9-11-17-10-6-12-19(3)4/h5,7-8,17H,6,9-12H2,1-4H3,(H,18,20). The molecule has 0 aliphatic carbocycles. The zero-order valence-corrected chi connectivity index (χ0v) is 13.1. The third kappa shape index (κ3) is 6.17. The van der Waals surface area contributed by atoms with Crippen LogP contribution in [0.2, 0.25) is 0 Å². The van der Waals surface area contributed by atoms with Crippen LogP contribution in [0.25, 0.3) is 0 Å². The van der Waals surface area contributed by atoms with Crippen molar-refractivity contribution in [3.63, 3.8) is 0 Å². The van der Waals surface area contributed by atoms with Crippen molar-refractivity contribution in [3.05, 3.63) is 29.3 Å². The van der Waals surface area contributed by atoms with Gasteiger partial charge in [0.1, 0.15) is 0 Å². The molecule has 0 atom stereocenters. The van der Waals surface area contributed by atoms with Gasteiger partial charge in [-0.05, 0) is 64.6 Å². The van der Waals surface area contributed by atoms with Gasteiger partial charge in [-0.2, -0.15) is 0 Å². The van der Waals surface area contributed by atoms with Gasteiger partial charge in [-0.1, -0.05) is 12.1 Å². The summed E-state index contributed by atoms with van der Waals surface area (Å²) in [6.45, 7) is 6.84. The van der Waals surface area contributed by atoms with Crippen LogP contribution in [0.5, 0.6) is 0 Å². The van der Waals surface area contributed by atoms with E-state index in [1.54, 1.807) is 0 Å². The number of hydrogen-bond donors (Lipinski definition) is 2. The SMILES string of the molecule is Cc1cccc(NC(=O)CCNCCCN(C)C)c1C. The predicted molar refractivity (Wildman–Crippen MR) is 85.2 cm³/mol. The molecule has 1 aromatic carbocycles. The number of carbonyl (C=O) groups excluding carboxylic acids is 1. The number of nitrogens with zero attached hydrogens (tertiary/aromatic N) is 1. The van der Waals surface area contributed by atoms with Gasteiger partial charge in [0.05, 0.1) is 0 Å². The molecule has 0 radical (unpaired) electrons. The van der Waals surface area contributed by atoms with Crippen molar-refractivity contribution in [1.82, 2.24) is 10.2 Å². The van der Waals surface area contributed by atoms with E-state index in [1.807, 2.05) is 19.1 Å². The van der Waals surface area contributed by atoms with Crippen molar-refractivity contribution in [2.45, 2.75) is 26.7 Å². The smallest absolute Gasteiger partial charge is 0.225 e. The molecule has 0 saturated carbocycles. The highest BCUT2D eigenvalue weighted by atomic mass is 16.1. The molecule has 0 spiro atoms. The normalized spacial score (nSPS) is 10.8. The molecule has 20 heavy (non-hydrogen) atoms. The Kier molecular flexibility index (Phi) is 7.26. The van der Waals surface area contributed by atoms with Crippen LogP contribution in [0, 0.1) is 13.8 Å². The Labute approximate surface area is 122 Å². The lowest BCUT2D eigenvalue weighted by Gasteiger charge is -2.11. The van der Waals surface area contributed by atoms with E-state index < -0.39 is 0 Å². The summed E-state index contributed by atoms with van der Waals surface area (Å²) in [6, 6.07) is 5.97. The van der Waals surface area contributed by atoms with Crippen LogP contribution in [0.4, 0.5) is 5.69 Å². The summed E-state index contributed by atoms with van der Waals surface area (Å²) in [5.74, 6) is 0.0683. The van der Waals surface area contributed by atoms with Gasteiger partial charge in [0.2, 0.25) is 5.91 Å². The fourth-order valence-corrected chi connectivity index (χ4v) is 1.95.